The maximum atomic E-state index is 5.98. The molecule has 0 aliphatic carbocycles. The van der Waals surface area contributed by atoms with Gasteiger partial charge in [0.2, 0.25) is 0 Å². The Labute approximate surface area is 108 Å². The van der Waals surface area contributed by atoms with Gasteiger partial charge in [0, 0.05) is 12.5 Å². The third-order valence-electron chi connectivity index (χ3n) is 3.11. The van der Waals surface area contributed by atoms with Gasteiger partial charge in [-0.15, -0.1) is 11.8 Å². The fourth-order valence-electron chi connectivity index (χ4n) is 2.10. The molecule has 0 spiro atoms. The first-order valence-corrected chi connectivity index (χ1v) is 6.30. The molecular weight excluding hydrogens is 226 g/mol. The molecule has 1 aliphatic rings. The van der Waals surface area contributed by atoms with Crippen LogP contribution in [0.25, 0.3) is 0 Å². The molecule has 0 aromatic heterocycles. The van der Waals surface area contributed by atoms with E-state index in [1.54, 1.807) is 0 Å². The minimum absolute atomic E-state index is 0.0450. The molecule has 3 heteroatoms. The van der Waals surface area contributed by atoms with Gasteiger partial charge in [-0.1, -0.05) is 12.1 Å². The molecule has 2 rings (SSSR count). The van der Waals surface area contributed by atoms with Crippen LogP contribution in [0.2, 0.25) is 0 Å². The zero-order chi connectivity index (χ0) is 12.8. The van der Waals surface area contributed by atoms with Crippen molar-refractivity contribution in [3.05, 3.63) is 24.3 Å². The van der Waals surface area contributed by atoms with Crippen LogP contribution in [-0.2, 0) is 0 Å². The van der Waals surface area contributed by atoms with Crippen molar-refractivity contribution in [1.29, 1.82) is 0 Å². The largest absolute Gasteiger partial charge is 0.486 e. The van der Waals surface area contributed by atoms with Crippen LogP contribution < -0.4 is 14.8 Å². The fourth-order valence-corrected chi connectivity index (χ4v) is 2.10. The van der Waals surface area contributed by atoms with Crippen LogP contribution in [0.1, 0.15) is 19.8 Å². The summed E-state index contributed by atoms with van der Waals surface area (Å²) in [6.45, 7) is 2.45. The Morgan fingerprint density at radius 2 is 2.17 bits per heavy atom. The van der Waals surface area contributed by atoms with E-state index < -0.39 is 0 Å². The third-order valence-corrected chi connectivity index (χ3v) is 3.11. The summed E-state index contributed by atoms with van der Waals surface area (Å²) in [7, 11) is 1.95. The summed E-state index contributed by atoms with van der Waals surface area (Å²) in [5.41, 5.74) is 0. The van der Waals surface area contributed by atoms with E-state index in [0.717, 1.165) is 24.3 Å². The summed E-state index contributed by atoms with van der Waals surface area (Å²) in [5, 5.41) is 3.29. The van der Waals surface area contributed by atoms with Gasteiger partial charge in [0.05, 0.1) is 0 Å². The van der Waals surface area contributed by atoms with Crippen LogP contribution in [0, 0.1) is 11.8 Å². The molecule has 3 nitrogen and oxygen atoms in total. The number of para-hydroxylation sites is 2. The van der Waals surface area contributed by atoms with Crippen molar-refractivity contribution in [2.75, 3.05) is 13.7 Å². The number of nitrogens with one attached hydrogen (secondary N) is 1. The minimum atomic E-state index is 0.0450. The van der Waals surface area contributed by atoms with Gasteiger partial charge >= 0.3 is 0 Å². The van der Waals surface area contributed by atoms with E-state index in [1.807, 2.05) is 38.2 Å². The Morgan fingerprint density at radius 3 is 2.89 bits per heavy atom. The molecule has 0 saturated heterocycles. The average molecular weight is 245 g/mol. The molecule has 18 heavy (non-hydrogen) atoms. The maximum absolute atomic E-state index is 5.98. The molecule has 1 heterocycles. The second kappa shape index (κ2) is 6.32. The highest BCUT2D eigenvalue weighted by Crippen LogP contribution is 2.31. The Morgan fingerprint density at radius 1 is 1.39 bits per heavy atom. The van der Waals surface area contributed by atoms with Crippen LogP contribution >= 0.6 is 0 Å². The number of likely N-dealkylation sites (N-methyl/N-ethyl adjacent to an activating group) is 1. The van der Waals surface area contributed by atoms with Crippen LogP contribution in [-0.4, -0.2) is 25.8 Å². The van der Waals surface area contributed by atoms with E-state index in [1.165, 1.54) is 0 Å². The molecule has 1 N–H and O–H groups in total. The smallest absolute Gasteiger partial charge is 0.161 e. The highest BCUT2D eigenvalue weighted by Gasteiger charge is 2.27. The van der Waals surface area contributed by atoms with Gasteiger partial charge in [-0.05, 0) is 32.5 Å². The van der Waals surface area contributed by atoms with Crippen molar-refractivity contribution >= 4 is 0 Å². The van der Waals surface area contributed by atoms with Crippen molar-refractivity contribution in [3.8, 4) is 23.3 Å². The first kappa shape index (κ1) is 12.8. The Hall–Kier alpha value is -1.66. The summed E-state index contributed by atoms with van der Waals surface area (Å²) in [4.78, 5) is 0. The van der Waals surface area contributed by atoms with Crippen molar-refractivity contribution < 1.29 is 9.47 Å². The maximum Gasteiger partial charge on any atom is 0.161 e. The van der Waals surface area contributed by atoms with Gasteiger partial charge < -0.3 is 14.8 Å². The first-order valence-electron chi connectivity index (χ1n) is 6.30. The number of ether oxygens (including phenoxy) is 2. The van der Waals surface area contributed by atoms with Gasteiger partial charge in [-0.2, -0.15) is 0 Å². The number of hydrogen-bond donors (Lipinski definition) is 1. The standard InChI is InChI=1S/C15H19NO2/c1-3-4-5-8-12(16-2)15-11-17-13-9-6-7-10-14(13)18-15/h6-7,9-10,12,15-16H,5,8,11H2,1-2H3. The predicted molar refractivity (Wildman–Crippen MR) is 71.9 cm³/mol. The second-order valence-corrected chi connectivity index (χ2v) is 4.27. The average Bonchev–Trinajstić information content (AvgIpc) is 2.43. The lowest BCUT2D eigenvalue weighted by Gasteiger charge is -2.31. The number of hydrogen-bond acceptors (Lipinski definition) is 3. The molecule has 96 valence electrons. The lowest BCUT2D eigenvalue weighted by molar-refractivity contribution is 0.0621. The first-order chi connectivity index (χ1) is 8.85. The van der Waals surface area contributed by atoms with E-state index >= 15 is 0 Å². The van der Waals surface area contributed by atoms with Gasteiger partial charge in [0.1, 0.15) is 12.7 Å². The zero-order valence-electron chi connectivity index (χ0n) is 10.9. The Kier molecular flexibility index (Phi) is 4.49. The molecule has 1 aliphatic heterocycles. The van der Waals surface area contributed by atoms with Crippen molar-refractivity contribution in [2.45, 2.75) is 31.9 Å². The molecular formula is C15H19NO2. The molecule has 0 amide bonds. The molecule has 0 fully saturated rings. The van der Waals surface area contributed by atoms with Crippen LogP contribution in [0.3, 0.4) is 0 Å². The van der Waals surface area contributed by atoms with Crippen LogP contribution in [0.5, 0.6) is 11.5 Å². The van der Waals surface area contributed by atoms with Crippen molar-refractivity contribution in [1.82, 2.24) is 5.32 Å². The molecule has 1 aromatic carbocycles. The monoisotopic (exact) mass is 245 g/mol. The molecule has 0 saturated carbocycles. The SMILES string of the molecule is CC#CCCC(NC)C1COc2ccccc2O1. The van der Waals surface area contributed by atoms with E-state index in [2.05, 4.69) is 17.2 Å². The normalized spacial score (nSPS) is 18.7. The van der Waals surface area contributed by atoms with Crippen molar-refractivity contribution in [2.24, 2.45) is 0 Å². The highest BCUT2D eigenvalue weighted by molar-refractivity contribution is 5.40. The van der Waals surface area contributed by atoms with E-state index in [0.29, 0.717) is 6.61 Å². The van der Waals surface area contributed by atoms with Crippen molar-refractivity contribution in [3.63, 3.8) is 0 Å². The van der Waals surface area contributed by atoms with Gasteiger partial charge in [0.15, 0.2) is 11.5 Å². The molecule has 1 aromatic rings. The quantitative estimate of drug-likeness (QED) is 0.825. The molecule has 2 atom stereocenters. The minimum Gasteiger partial charge on any atom is -0.486 e. The predicted octanol–water partition coefficient (Wildman–Crippen LogP) is 2.22. The van der Waals surface area contributed by atoms with Crippen LogP contribution in [0.15, 0.2) is 24.3 Å². The second-order valence-electron chi connectivity index (χ2n) is 4.27. The van der Waals surface area contributed by atoms with E-state index in [9.17, 15) is 0 Å². The lowest BCUT2D eigenvalue weighted by Crippen LogP contribution is -2.46. The number of benzene rings is 1. The topological polar surface area (TPSA) is 30.5 Å². The van der Waals surface area contributed by atoms with Gasteiger partial charge in [-0.3, -0.25) is 0 Å². The summed E-state index contributed by atoms with van der Waals surface area (Å²) in [6.07, 6.45) is 1.89. The Bertz CT molecular complexity index is 447. The van der Waals surface area contributed by atoms with Gasteiger partial charge in [-0.25, -0.2) is 0 Å². The van der Waals surface area contributed by atoms with Gasteiger partial charge in [0.25, 0.3) is 0 Å². The molecule has 0 bridgehead atoms. The third kappa shape index (κ3) is 2.96. The number of fused-ring (bicyclic) bond motifs is 1. The lowest BCUT2D eigenvalue weighted by atomic mass is 10.1. The zero-order valence-corrected chi connectivity index (χ0v) is 10.9. The fraction of sp³-hybridized carbons (Fsp3) is 0.467. The summed E-state index contributed by atoms with van der Waals surface area (Å²) >= 11 is 0. The number of rotatable bonds is 4. The summed E-state index contributed by atoms with van der Waals surface area (Å²) in [5.74, 6) is 7.66. The van der Waals surface area contributed by atoms with Crippen LogP contribution in [0.4, 0.5) is 0 Å². The molecule has 0 radical (unpaired) electrons. The summed E-state index contributed by atoms with van der Waals surface area (Å²) in [6, 6.07) is 8.05. The van der Waals surface area contributed by atoms with E-state index in [-0.39, 0.29) is 12.1 Å². The van der Waals surface area contributed by atoms with E-state index in [4.69, 9.17) is 9.47 Å². The molecule has 2 unspecified atom stereocenters. The Balaban J connectivity index is 1.99. The highest BCUT2D eigenvalue weighted by atomic mass is 16.6. The summed E-state index contributed by atoms with van der Waals surface area (Å²) < 4.78 is 11.7.